The molecule has 0 aliphatic rings. The van der Waals surface area contributed by atoms with Crippen LogP contribution in [-0.4, -0.2) is 27.3 Å². The van der Waals surface area contributed by atoms with Gasteiger partial charge < -0.3 is 4.74 Å². The first-order chi connectivity index (χ1) is 9.15. The van der Waals surface area contributed by atoms with Gasteiger partial charge in [-0.2, -0.15) is 10.1 Å². The van der Waals surface area contributed by atoms with Crippen LogP contribution in [0.15, 0.2) is 30.3 Å². The van der Waals surface area contributed by atoms with Crippen molar-refractivity contribution in [1.29, 1.82) is 0 Å². The molecule has 2 aromatic rings. The number of amides is 1. The molecule has 2 rings (SSSR count). The van der Waals surface area contributed by atoms with Gasteiger partial charge in [0.2, 0.25) is 5.95 Å². The molecule has 0 radical (unpaired) electrons. The summed E-state index contributed by atoms with van der Waals surface area (Å²) in [7, 11) is 1.72. The van der Waals surface area contributed by atoms with Crippen molar-refractivity contribution in [3.63, 3.8) is 0 Å². The van der Waals surface area contributed by atoms with Crippen molar-refractivity contribution in [2.24, 2.45) is 7.05 Å². The zero-order valence-corrected chi connectivity index (χ0v) is 11.0. The molecular formula is C13H16N4O2. The van der Waals surface area contributed by atoms with Crippen LogP contribution >= 0.6 is 0 Å². The van der Waals surface area contributed by atoms with E-state index in [1.165, 1.54) is 4.68 Å². The monoisotopic (exact) mass is 260 g/mol. The standard InChI is InChI=1S/C13H16N4O2/c1-10-14-13(17(2)16-10)15-12(18)9-19-8-11-6-4-3-5-7-11/h3-7H,8-9H2,1-2H3,(H,14,15,16,18). The molecule has 1 aromatic heterocycles. The Balaban J connectivity index is 1.78. The Morgan fingerprint density at radius 1 is 1.37 bits per heavy atom. The zero-order chi connectivity index (χ0) is 13.7. The molecule has 0 spiro atoms. The average Bonchev–Trinajstić information content (AvgIpc) is 2.69. The van der Waals surface area contributed by atoms with Gasteiger partial charge in [0.15, 0.2) is 0 Å². The highest BCUT2D eigenvalue weighted by Gasteiger charge is 2.08. The Labute approximate surface area is 111 Å². The molecule has 0 saturated carbocycles. The molecule has 0 saturated heterocycles. The summed E-state index contributed by atoms with van der Waals surface area (Å²) in [5.74, 6) is 0.792. The summed E-state index contributed by atoms with van der Waals surface area (Å²) in [4.78, 5) is 15.7. The van der Waals surface area contributed by atoms with Gasteiger partial charge in [-0.1, -0.05) is 30.3 Å². The van der Waals surface area contributed by atoms with Crippen molar-refractivity contribution in [3.05, 3.63) is 41.7 Å². The number of nitrogens with one attached hydrogen (secondary N) is 1. The lowest BCUT2D eigenvalue weighted by molar-refractivity contribution is -0.121. The van der Waals surface area contributed by atoms with Gasteiger partial charge in [0.1, 0.15) is 12.4 Å². The summed E-state index contributed by atoms with van der Waals surface area (Å²) in [5.41, 5.74) is 1.03. The lowest BCUT2D eigenvalue weighted by atomic mass is 10.2. The molecule has 19 heavy (non-hydrogen) atoms. The number of benzene rings is 1. The van der Waals surface area contributed by atoms with Crippen molar-refractivity contribution in [2.45, 2.75) is 13.5 Å². The molecule has 0 atom stereocenters. The molecule has 0 bridgehead atoms. The van der Waals surface area contributed by atoms with Gasteiger partial charge in [-0.05, 0) is 12.5 Å². The van der Waals surface area contributed by atoms with E-state index in [-0.39, 0.29) is 12.5 Å². The molecular weight excluding hydrogens is 244 g/mol. The van der Waals surface area contributed by atoms with Gasteiger partial charge in [-0.15, -0.1) is 0 Å². The molecule has 0 aliphatic carbocycles. The Bertz CT molecular complexity index is 551. The number of carbonyl (C=O) groups excluding carboxylic acids is 1. The normalized spacial score (nSPS) is 10.4. The third-order valence-electron chi connectivity index (χ3n) is 2.46. The number of anilines is 1. The fourth-order valence-corrected chi connectivity index (χ4v) is 1.62. The number of rotatable bonds is 5. The molecule has 0 fully saturated rings. The smallest absolute Gasteiger partial charge is 0.252 e. The van der Waals surface area contributed by atoms with Crippen LogP contribution in [0.1, 0.15) is 11.4 Å². The summed E-state index contributed by atoms with van der Waals surface area (Å²) in [6.07, 6.45) is 0. The van der Waals surface area contributed by atoms with Crippen LogP contribution in [-0.2, 0) is 23.2 Å². The SMILES string of the molecule is Cc1nc(NC(=O)COCc2ccccc2)n(C)n1. The molecule has 1 aromatic carbocycles. The third-order valence-corrected chi connectivity index (χ3v) is 2.46. The van der Waals surface area contributed by atoms with Crippen LogP contribution in [0.4, 0.5) is 5.95 Å². The molecule has 0 aliphatic heterocycles. The second-order valence-electron chi connectivity index (χ2n) is 4.13. The summed E-state index contributed by atoms with van der Waals surface area (Å²) in [5, 5.41) is 6.68. The predicted octanol–water partition coefficient (Wildman–Crippen LogP) is 1.28. The Hall–Kier alpha value is -2.21. The van der Waals surface area contributed by atoms with Gasteiger partial charge in [-0.3, -0.25) is 10.1 Å². The number of ether oxygens (including phenoxy) is 1. The lowest BCUT2D eigenvalue weighted by Crippen LogP contribution is -2.20. The maximum absolute atomic E-state index is 11.6. The number of carbonyl (C=O) groups is 1. The van der Waals surface area contributed by atoms with Gasteiger partial charge in [-0.25, -0.2) is 4.68 Å². The maximum Gasteiger partial charge on any atom is 0.252 e. The highest BCUT2D eigenvalue weighted by atomic mass is 16.5. The van der Waals surface area contributed by atoms with Crippen molar-refractivity contribution in [2.75, 3.05) is 11.9 Å². The third kappa shape index (κ3) is 3.89. The predicted molar refractivity (Wildman–Crippen MR) is 70.5 cm³/mol. The molecule has 6 heteroatoms. The fourth-order valence-electron chi connectivity index (χ4n) is 1.62. The summed E-state index contributed by atoms with van der Waals surface area (Å²) in [6, 6.07) is 9.70. The van der Waals surface area contributed by atoms with Gasteiger partial charge in [0.25, 0.3) is 5.91 Å². The van der Waals surface area contributed by atoms with E-state index >= 15 is 0 Å². The molecule has 1 amide bonds. The molecule has 6 nitrogen and oxygen atoms in total. The quantitative estimate of drug-likeness (QED) is 0.879. The van der Waals surface area contributed by atoms with E-state index in [2.05, 4.69) is 15.4 Å². The maximum atomic E-state index is 11.6. The zero-order valence-electron chi connectivity index (χ0n) is 11.0. The highest BCUT2D eigenvalue weighted by molar-refractivity contribution is 5.90. The molecule has 1 heterocycles. The lowest BCUT2D eigenvalue weighted by Gasteiger charge is -2.05. The van der Waals surface area contributed by atoms with Crippen molar-refractivity contribution in [3.8, 4) is 0 Å². The molecule has 1 N–H and O–H groups in total. The van der Waals surface area contributed by atoms with Crippen LogP contribution in [0.5, 0.6) is 0 Å². The van der Waals surface area contributed by atoms with E-state index in [0.717, 1.165) is 5.56 Å². The van der Waals surface area contributed by atoms with Crippen LogP contribution in [0.2, 0.25) is 0 Å². The second kappa shape index (κ2) is 6.10. The number of hydrogen-bond donors (Lipinski definition) is 1. The summed E-state index contributed by atoms with van der Waals surface area (Å²) >= 11 is 0. The minimum absolute atomic E-state index is 0.0131. The Morgan fingerprint density at radius 2 is 2.11 bits per heavy atom. The van der Waals surface area contributed by atoms with E-state index in [1.807, 2.05) is 30.3 Å². The van der Waals surface area contributed by atoms with E-state index in [0.29, 0.717) is 18.4 Å². The number of aryl methyl sites for hydroxylation is 2. The Kier molecular flexibility index (Phi) is 4.25. The fraction of sp³-hybridized carbons (Fsp3) is 0.308. The van der Waals surface area contributed by atoms with Crippen LogP contribution in [0.25, 0.3) is 0 Å². The number of nitrogens with zero attached hydrogens (tertiary/aromatic N) is 3. The summed E-state index contributed by atoms with van der Waals surface area (Å²) in [6.45, 7) is 2.16. The van der Waals surface area contributed by atoms with E-state index in [4.69, 9.17) is 4.74 Å². The minimum atomic E-state index is -0.244. The second-order valence-corrected chi connectivity index (χ2v) is 4.13. The van der Waals surface area contributed by atoms with Gasteiger partial charge >= 0.3 is 0 Å². The van der Waals surface area contributed by atoms with Crippen molar-refractivity contribution in [1.82, 2.24) is 14.8 Å². The highest BCUT2D eigenvalue weighted by Crippen LogP contribution is 2.03. The largest absolute Gasteiger partial charge is 0.367 e. The van der Waals surface area contributed by atoms with Crippen LogP contribution in [0, 0.1) is 6.92 Å². The first-order valence-corrected chi connectivity index (χ1v) is 5.94. The Morgan fingerprint density at radius 3 is 2.74 bits per heavy atom. The van der Waals surface area contributed by atoms with E-state index in [1.54, 1.807) is 14.0 Å². The van der Waals surface area contributed by atoms with Gasteiger partial charge in [0, 0.05) is 7.05 Å². The van der Waals surface area contributed by atoms with E-state index < -0.39 is 0 Å². The van der Waals surface area contributed by atoms with Crippen LogP contribution in [0.3, 0.4) is 0 Å². The van der Waals surface area contributed by atoms with Gasteiger partial charge in [0.05, 0.1) is 6.61 Å². The topological polar surface area (TPSA) is 69.0 Å². The minimum Gasteiger partial charge on any atom is -0.367 e. The first-order valence-electron chi connectivity index (χ1n) is 5.94. The van der Waals surface area contributed by atoms with E-state index in [9.17, 15) is 4.79 Å². The van der Waals surface area contributed by atoms with Crippen LogP contribution < -0.4 is 5.32 Å². The van der Waals surface area contributed by atoms with Crippen molar-refractivity contribution >= 4 is 11.9 Å². The number of aromatic nitrogens is 3. The molecule has 100 valence electrons. The van der Waals surface area contributed by atoms with Crippen molar-refractivity contribution < 1.29 is 9.53 Å². The first kappa shape index (κ1) is 13.2. The molecule has 0 unspecified atom stereocenters. The summed E-state index contributed by atoms with van der Waals surface area (Å²) < 4.78 is 6.85. The average molecular weight is 260 g/mol. The number of hydrogen-bond acceptors (Lipinski definition) is 4.